The largest absolute Gasteiger partial charge is 0.454 e. The van der Waals surface area contributed by atoms with Crippen LogP contribution in [0.5, 0.6) is 11.5 Å². The summed E-state index contributed by atoms with van der Waals surface area (Å²) in [5.41, 5.74) is 10.4. The van der Waals surface area contributed by atoms with Crippen LogP contribution >= 0.6 is 0 Å². The molecular weight excluding hydrogens is 354 g/mol. The third-order valence-corrected chi connectivity index (χ3v) is 5.22. The quantitative estimate of drug-likeness (QED) is 0.760. The van der Waals surface area contributed by atoms with Crippen LogP contribution in [0.4, 0.5) is 11.5 Å². The van der Waals surface area contributed by atoms with Crippen LogP contribution in [0.25, 0.3) is 0 Å². The molecule has 0 saturated carbocycles. The van der Waals surface area contributed by atoms with Gasteiger partial charge in [-0.15, -0.1) is 0 Å². The Labute approximate surface area is 162 Å². The molecular formula is C22H19N3O3. The lowest BCUT2D eigenvalue weighted by Gasteiger charge is -2.19. The monoisotopic (exact) mass is 373 g/mol. The summed E-state index contributed by atoms with van der Waals surface area (Å²) in [6.45, 7) is 1.06. The molecule has 0 radical (unpaired) electrons. The second kappa shape index (κ2) is 6.56. The fourth-order valence-electron chi connectivity index (χ4n) is 3.91. The van der Waals surface area contributed by atoms with Gasteiger partial charge in [0.15, 0.2) is 11.5 Å². The minimum atomic E-state index is -0.386. The van der Waals surface area contributed by atoms with Crippen LogP contribution in [0, 0.1) is 0 Å². The number of hydrogen-bond acceptors (Lipinski definition) is 5. The van der Waals surface area contributed by atoms with E-state index in [1.807, 2.05) is 36.5 Å². The molecule has 5 rings (SSSR count). The summed E-state index contributed by atoms with van der Waals surface area (Å²) in [6, 6.07) is 15.8. The Morgan fingerprint density at radius 3 is 2.82 bits per heavy atom. The summed E-state index contributed by atoms with van der Waals surface area (Å²) >= 11 is 0. The molecule has 2 aliphatic rings. The zero-order valence-electron chi connectivity index (χ0n) is 15.2. The third-order valence-electron chi connectivity index (χ3n) is 5.22. The fourth-order valence-corrected chi connectivity index (χ4v) is 3.91. The summed E-state index contributed by atoms with van der Waals surface area (Å²) < 4.78 is 10.8. The number of ether oxygens (including phenoxy) is 2. The van der Waals surface area contributed by atoms with Gasteiger partial charge in [0.25, 0.3) is 0 Å². The Balaban J connectivity index is 1.43. The predicted octanol–water partition coefficient (Wildman–Crippen LogP) is 3.19. The van der Waals surface area contributed by atoms with Crippen LogP contribution in [0.3, 0.4) is 0 Å². The number of amides is 1. The number of primary amides is 1. The molecule has 0 saturated heterocycles. The lowest BCUT2D eigenvalue weighted by atomic mass is 10.0. The molecule has 2 N–H and O–H groups in total. The van der Waals surface area contributed by atoms with Gasteiger partial charge >= 0.3 is 0 Å². The highest BCUT2D eigenvalue weighted by atomic mass is 16.7. The zero-order chi connectivity index (χ0) is 19.1. The third kappa shape index (κ3) is 2.83. The molecule has 2 aromatic carbocycles. The second-order valence-electron chi connectivity index (χ2n) is 6.96. The highest BCUT2D eigenvalue weighted by molar-refractivity contribution is 5.96. The first-order valence-corrected chi connectivity index (χ1v) is 9.22. The molecule has 0 fully saturated rings. The summed E-state index contributed by atoms with van der Waals surface area (Å²) in [6.07, 6.45) is 3.38. The van der Waals surface area contributed by atoms with Crippen molar-refractivity contribution in [3.63, 3.8) is 0 Å². The Hall–Kier alpha value is -3.54. The number of benzene rings is 2. The van der Waals surface area contributed by atoms with E-state index >= 15 is 0 Å². The number of fused-ring (bicyclic) bond motifs is 2. The van der Waals surface area contributed by atoms with Crippen molar-refractivity contribution in [2.45, 2.75) is 12.8 Å². The number of nitrogens with two attached hydrogens (primary N) is 1. The molecule has 3 heterocycles. The standard InChI is InChI=1S/C22H19N3O3/c23-22(26)17-2-1-3-18-16(17)7-9-25(18)21-12-15(6-8-24-21)10-14-4-5-19-20(11-14)28-13-27-19/h1-6,8,11-12H,7,9-10,13H2,(H2,23,26). The maximum absolute atomic E-state index is 11.7. The Kier molecular flexibility index (Phi) is 3.90. The smallest absolute Gasteiger partial charge is 0.249 e. The highest BCUT2D eigenvalue weighted by Gasteiger charge is 2.25. The first-order chi connectivity index (χ1) is 13.7. The molecule has 0 atom stereocenters. The Morgan fingerprint density at radius 2 is 1.93 bits per heavy atom. The van der Waals surface area contributed by atoms with E-state index in [-0.39, 0.29) is 12.7 Å². The van der Waals surface area contributed by atoms with Crippen LogP contribution in [0.2, 0.25) is 0 Å². The van der Waals surface area contributed by atoms with Crippen molar-refractivity contribution in [1.82, 2.24) is 4.98 Å². The van der Waals surface area contributed by atoms with Gasteiger partial charge in [-0.05, 0) is 65.9 Å². The van der Waals surface area contributed by atoms with E-state index in [1.165, 1.54) is 0 Å². The lowest BCUT2D eigenvalue weighted by molar-refractivity contribution is 0.0999. The zero-order valence-corrected chi connectivity index (χ0v) is 15.2. The average Bonchev–Trinajstić information content (AvgIpc) is 3.34. The number of pyridine rings is 1. The van der Waals surface area contributed by atoms with Crippen molar-refractivity contribution >= 4 is 17.4 Å². The lowest BCUT2D eigenvalue weighted by Crippen LogP contribution is -2.15. The normalized spacial score (nSPS) is 14.2. The van der Waals surface area contributed by atoms with Crippen molar-refractivity contribution in [1.29, 1.82) is 0 Å². The van der Waals surface area contributed by atoms with E-state index in [0.717, 1.165) is 59.1 Å². The average molecular weight is 373 g/mol. The van der Waals surface area contributed by atoms with Crippen molar-refractivity contribution < 1.29 is 14.3 Å². The van der Waals surface area contributed by atoms with E-state index in [9.17, 15) is 4.79 Å². The topological polar surface area (TPSA) is 77.7 Å². The number of anilines is 2. The maximum atomic E-state index is 11.7. The first kappa shape index (κ1) is 16.6. The molecule has 0 spiro atoms. The Morgan fingerprint density at radius 1 is 1.07 bits per heavy atom. The molecule has 140 valence electrons. The first-order valence-electron chi connectivity index (χ1n) is 9.22. The van der Waals surface area contributed by atoms with Gasteiger partial charge in [-0.25, -0.2) is 4.98 Å². The molecule has 28 heavy (non-hydrogen) atoms. The molecule has 1 amide bonds. The summed E-state index contributed by atoms with van der Waals surface area (Å²) in [4.78, 5) is 18.4. The SMILES string of the molecule is NC(=O)c1cccc2c1CCN2c1cc(Cc2ccc3c(c2)OCO3)ccn1. The van der Waals surface area contributed by atoms with Gasteiger partial charge in [0.1, 0.15) is 5.82 Å². The molecule has 0 bridgehead atoms. The van der Waals surface area contributed by atoms with Gasteiger partial charge in [-0.1, -0.05) is 12.1 Å². The van der Waals surface area contributed by atoms with Crippen LogP contribution in [-0.4, -0.2) is 24.2 Å². The molecule has 1 aromatic heterocycles. The number of carbonyl (C=O) groups is 1. The summed E-state index contributed by atoms with van der Waals surface area (Å²) in [7, 11) is 0. The molecule has 6 heteroatoms. The molecule has 3 aromatic rings. The van der Waals surface area contributed by atoms with Crippen molar-refractivity contribution in [2.75, 3.05) is 18.2 Å². The number of rotatable bonds is 4. The van der Waals surface area contributed by atoms with Crippen molar-refractivity contribution in [3.8, 4) is 11.5 Å². The van der Waals surface area contributed by atoms with Crippen LogP contribution in [0.1, 0.15) is 27.0 Å². The van der Waals surface area contributed by atoms with Gasteiger partial charge in [-0.3, -0.25) is 4.79 Å². The molecule has 6 nitrogen and oxygen atoms in total. The molecule has 0 unspecified atom stereocenters. The minimum Gasteiger partial charge on any atom is -0.454 e. The predicted molar refractivity (Wildman–Crippen MR) is 105 cm³/mol. The highest BCUT2D eigenvalue weighted by Crippen LogP contribution is 2.36. The van der Waals surface area contributed by atoms with Crippen molar-refractivity contribution in [2.24, 2.45) is 5.73 Å². The van der Waals surface area contributed by atoms with E-state index in [1.54, 1.807) is 6.07 Å². The molecule has 2 aliphatic heterocycles. The van der Waals surface area contributed by atoms with Gasteiger partial charge in [0.2, 0.25) is 12.7 Å². The number of hydrogen-bond donors (Lipinski definition) is 1. The van der Waals surface area contributed by atoms with Crippen LogP contribution < -0.4 is 20.1 Å². The minimum absolute atomic E-state index is 0.278. The van der Waals surface area contributed by atoms with Crippen LogP contribution in [-0.2, 0) is 12.8 Å². The Bertz CT molecular complexity index is 1080. The van der Waals surface area contributed by atoms with Gasteiger partial charge < -0.3 is 20.1 Å². The van der Waals surface area contributed by atoms with Crippen molar-refractivity contribution in [3.05, 3.63) is 77.0 Å². The van der Waals surface area contributed by atoms with E-state index < -0.39 is 0 Å². The van der Waals surface area contributed by atoms with Gasteiger partial charge in [0, 0.05) is 24.0 Å². The van der Waals surface area contributed by atoms with Gasteiger partial charge in [0.05, 0.1) is 0 Å². The maximum Gasteiger partial charge on any atom is 0.249 e. The summed E-state index contributed by atoms with van der Waals surface area (Å²) in [5.74, 6) is 2.07. The number of aromatic nitrogens is 1. The van der Waals surface area contributed by atoms with Gasteiger partial charge in [-0.2, -0.15) is 0 Å². The number of nitrogens with zero attached hydrogens (tertiary/aromatic N) is 2. The fraction of sp³-hybridized carbons (Fsp3) is 0.182. The summed E-state index contributed by atoms with van der Waals surface area (Å²) in [5, 5.41) is 0. The van der Waals surface area contributed by atoms with E-state index in [2.05, 4.69) is 22.0 Å². The number of carbonyl (C=O) groups excluding carboxylic acids is 1. The van der Waals surface area contributed by atoms with E-state index in [4.69, 9.17) is 15.2 Å². The second-order valence-corrected chi connectivity index (χ2v) is 6.96. The van der Waals surface area contributed by atoms with E-state index in [0.29, 0.717) is 5.56 Å². The molecule has 0 aliphatic carbocycles. The van der Waals surface area contributed by atoms with Crippen LogP contribution in [0.15, 0.2) is 54.7 Å².